The summed E-state index contributed by atoms with van der Waals surface area (Å²) in [4.78, 5) is 24.9. The van der Waals surface area contributed by atoms with Crippen molar-refractivity contribution < 1.29 is 14.7 Å². The molecule has 150 valence electrons. The molecule has 5 heteroatoms. The van der Waals surface area contributed by atoms with Crippen LogP contribution < -0.4 is 11.1 Å². The van der Waals surface area contributed by atoms with Crippen molar-refractivity contribution in [1.82, 2.24) is 0 Å². The molecular weight excluding hydrogens is 352 g/mol. The van der Waals surface area contributed by atoms with E-state index in [0.29, 0.717) is 16.9 Å². The summed E-state index contributed by atoms with van der Waals surface area (Å²) in [6, 6.07) is 10.2. The Kier molecular flexibility index (Phi) is 5.88. The number of anilines is 2. The van der Waals surface area contributed by atoms with Crippen molar-refractivity contribution in [3.63, 3.8) is 0 Å². The lowest BCUT2D eigenvalue weighted by Crippen LogP contribution is -2.22. The molecule has 0 aromatic heterocycles. The van der Waals surface area contributed by atoms with E-state index >= 15 is 0 Å². The summed E-state index contributed by atoms with van der Waals surface area (Å²) < 4.78 is 0. The molecule has 2 aromatic carbocycles. The van der Waals surface area contributed by atoms with Crippen LogP contribution in [0.15, 0.2) is 36.4 Å². The zero-order valence-electron chi connectivity index (χ0n) is 17.5. The summed E-state index contributed by atoms with van der Waals surface area (Å²) in [5.74, 6) is -0.667. The number of rotatable bonds is 4. The Bertz CT molecular complexity index is 903. The highest BCUT2D eigenvalue weighted by Crippen LogP contribution is 2.39. The van der Waals surface area contributed by atoms with E-state index in [9.17, 15) is 14.7 Å². The van der Waals surface area contributed by atoms with Crippen LogP contribution in [0.2, 0.25) is 0 Å². The number of nitrogens with one attached hydrogen (secondary N) is 1. The smallest absolute Gasteiger partial charge is 0.232 e. The number of Topliss-reactive ketones (excluding diaryl/α,β-unsaturated/α-hetero) is 1. The number of phenols is 1. The molecule has 0 spiro atoms. The van der Waals surface area contributed by atoms with Gasteiger partial charge in [-0.15, -0.1) is 0 Å². The van der Waals surface area contributed by atoms with Crippen molar-refractivity contribution >= 4 is 23.1 Å². The number of aromatic hydroxyl groups is 1. The van der Waals surface area contributed by atoms with Crippen molar-refractivity contribution in [2.24, 2.45) is 0 Å². The topological polar surface area (TPSA) is 92.4 Å². The van der Waals surface area contributed by atoms with Gasteiger partial charge in [-0.2, -0.15) is 0 Å². The lowest BCUT2D eigenvalue weighted by Gasteiger charge is -2.28. The van der Waals surface area contributed by atoms with Gasteiger partial charge in [0, 0.05) is 23.0 Å². The minimum atomic E-state index is -0.443. The number of phenolic OH excluding ortho intramolecular Hbond substituents is 1. The van der Waals surface area contributed by atoms with Crippen LogP contribution in [-0.2, 0) is 15.6 Å². The van der Waals surface area contributed by atoms with Gasteiger partial charge in [0.25, 0.3) is 0 Å². The van der Waals surface area contributed by atoms with Gasteiger partial charge in [-0.3, -0.25) is 9.59 Å². The molecule has 4 N–H and O–H groups in total. The van der Waals surface area contributed by atoms with E-state index in [-0.39, 0.29) is 28.8 Å². The third-order valence-corrected chi connectivity index (χ3v) is 4.61. The number of amides is 1. The molecule has 0 bridgehead atoms. The van der Waals surface area contributed by atoms with Crippen LogP contribution >= 0.6 is 0 Å². The van der Waals surface area contributed by atoms with Gasteiger partial charge in [0.15, 0.2) is 5.78 Å². The summed E-state index contributed by atoms with van der Waals surface area (Å²) >= 11 is 0. The first-order valence-electron chi connectivity index (χ1n) is 9.36. The lowest BCUT2D eigenvalue weighted by molar-refractivity contribution is -0.115. The van der Waals surface area contributed by atoms with E-state index in [4.69, 9.17) is 5.73 Å². The molecule has 0 saturated heterocycles. The predicted molar refractivity (Wildman–Crippen MR) is 114 cm³/mol. The van der Waals surface area contributed by atoms with E-state index in [1.807, 2.05) is 47.6 Å². The molecule has 0 atom stereocenters. The number of carbonyl (C=O) groups excluding carboxylic acids is 2. The van der Waals surface area contributed by atoms with Crippen LogP contribution in [-0.4, -0.2) is 16.8 Å². The number of carbonyl (C=O) groups is 2. The normalized spacial score (nSPS) is 11.9. The second-order valence-electron chi connectivity index (χ2n) is 9.15. The molecule has 0 aliphatic heterocycles. The quantitative estimate of drug-likeness (QED) is 0.403. The molecule has 0 heterocycles. The van der Waals surface area contributed by atoms with Gasteiger partial charge in [-0.05, 0) is 40.2 Å². The standard InChI is InChI=1S/C23H30N2O3/c1-22(2,3)15-11-16(23(4,5)6)20(27)12-18(15)25-21(28)13-19(26)14-9-7-8-10-17(14)24/h7-12,27H,13,24H2,1-6H3,(H,25,28). The largest absolute Gasteiger partial charge is 0.508 e. The minimum Gasteiger partial charge on any atom is -0.508 e. The number of ketones is 1. The fourth-order valence-electron chi connectivity index (χ4n) is 3.10. The third-order valence-electron chi connectivity index (χ3n) is 4.61. The van der Waals surface area contributed by atoms with E-state index < -0.39 is 5.91 Å². The maximum atomic E-state index is 12.5. The zero-order chi connectivity index (χ0) is 21.3. The van der Waals surface area contributed by atoms with E-state index in [1.54, 1.807) is 30.3 Å². The van der Waals surface area contributed by atoms with Crippen LogP contribution in [0.1, 0.15) is 69.4 Å². The van der Waals surface area contributed by atoms with E-state index in [1.165, 1.54) is 0 Å². The van der Waals surface area contributed by atoms with Crippen molar-refractivity contribution in [3.05, 3.63) is 53.1 Å². The highest BCUT2D eigenvalue weighted by molar-refractivity contribution is 6.13. The first kappa shape index (κ1) is 21.5. The first-order valence-corrected chi connectivity index (χ1v) is 9.36. The highest BCUT2D eigenvalue weighted by atomic mass is 16.3. The van der Waals surface area contributed by atoms with E-state index in [2.05, 4.69) is 5.32 Å². The molecule has 5 nitrogen and oxygen atoms in total. The number of para-hydroxylation sites is 1. The Balaban J connectivity index is 2.32. The van der Waals surface area contributed by atoms with Crippen molar-refractivity contribution in [2.45, 2.75) is 58.8 Å². The van der Waals surface area contributed by atoms with Crippen LogP contribution in [0.4, 0.5) is 11.4 Å². The molecule has 0 unspecified atom stereocenters. The maximum absolute atomic E-state index is 12.5. The Labute approximate surface area is 167 Å². The molecule has 2 aromatic rings. The molecule has 0 saturated carbocycles. The van der Waals surface area contributed by atoms with Gasteiger partial charge in [0.05, 0.1) is 6.42 Å². The SMILES string of the molecule is CC(C)(C)c1cc(C(C)(C)C)c(NC(=O)CC(=O)c2ccccc2N)cc1O. The number of benzene rings is 2. The first-order chi connectivity index (χ1) is 12.8. The second-order valence-corrected chi connectivity index (χ2v) is 9.15. The van der Waals surface area contributed by atoms with Gasteiger partial charge in [-0.25, -0.2) is 0 Å². The molecule has 2 rings (SSSR count). The number of nitrogens with two attached hydrogens (primary N) is 1. The van der Waals surface area contributed by atoms with Crippen molar-refractivity contribution in [1.29, 1.82) is 0 Å². The second kappa shape index (κ2) is 7.66. The van der Waals surface area contributed by atoms with Gasteiger partial charge in [0.1, 0.15) is 5.75 Å². The zero-order valence-corrected chi connectivity index (χ0v) is 17.5. The summed E-state index contributed by atoms with van der Waals surface area (Å²) in [6.07, 6.45) is -0.320. The maximum Gasteiger partial charge on any atom is 0.232 e. The average molecular weight is 383 g/mol. The molecule has 1 amide bonds. The average Bonchev–Trinajstić information content (AvgIpc) is 2.52. The fourth-order valence-corrected chi connectivity index (χ4v) is 3.10. The number of hydrogen-bond donors (Lipinski definition) is 3. The van der Waals surface area contributed by atoms with E-state index in [0.717, 1.165) is 11.1 Å². The van der Waals surface area contributed by atoms with Gasteiger partial charge < -0.3 is 16.2 Å². The number of nitrogen functional groups attached to an aromatic ring is 1. The third kappa shape index (κ3) is 4.91. The number of hydrogen-bond acceptors (Lipinski definition) is 4. The van der Waals surface area contributed by atoms with Crippen molar-refractivity contribution in [3.8, 4) is 5.75 Å². The summed E-state index contributed by atoms with van der Waals surface area (Å²) in [7, 11) is 0. The summed E-state index contributed by atoms with van der Waals surface area (Å²) in [5, 5.41) is 13.3. The molecular formula is C23H30N2O3. The molecule has 28 heavy (non-hydrogen) atoms. The minimum absolute atomic E-state index is 0.120. The Morgan fingerprint density at radius 2 is 1.54 bits per heavy atom. The molecule has 0 aliphatic rings. The van der Waals surface area contributed by atoms with Crippen molar-refractivity contribution in [2.75, 3.05) is 11.1 Å². The van der Waals surface area contributed by atoms with Crippen LogP contribution in [0, 0.1) is 0 Å². The summed E-state index contributed by atoms with van der Waals surface area (Å²) in [6.45, 7) is 12.2. The molecule has 0 radical (unpaired) electrons. The van der Waals surface area contributed by atoms with Gasteiger partial charge in [0.2, 0.25) is 5.91 Å². The fraction of sp³-hybridized carbons (Fsp3) is 0.391. The highest BCUT2D eigenvalue weighted by Gasteiger charge is 2.26. The van der Waals surface area contributed by atoms with Crippen LogP contribution in [0.25, 0.3) is 0 Å². The lowest BCUT2D eigenvalue weighted by atomic mass is 9.79. The molecule has 0 aliphatic carbocycles. The van der Waals surface area contributed by atoms with Gasteiger partial charge >= 0.3 is 0 Å². The molecule has 0 fully saturated rings. The van der Waals surface area contributed by atoms with Crippen LogP contribution in [0.5, 0.6) is 5.75 Å². The van der Waals surface area contributed by atoms with Gasteiger partial charge in [-0.1, -0.05) is 53.7 Å². The Morgan fingerprint density at radius 1 is 0.964 bits per heavy atom. The monoisotopic (exact) mass is 382 g/mol. The Morgan fingerprint density at radius 3 is 2.07 bits per heavy atom. The van der Waals surface area contributed by atoms with Crippen LogP contribution in [0.3, 0.4) is 0 Å². The Hall–Kier alpha value is -2.82. The predicted octanol–water partition coefficient (Wildman–Crippen LogP) is 4.78. The summed E-state index contributed by atoms with van der Waals surface area (Å²) in [5.41, 5.74) is 8.22.